The van der Waals surface area contributed by atoms with Crippen molar-refractivity contribution in [1.82, 2.24) is 4.72 Å². The largest absolute Gasteiger partial charge is 0.491 e. The molecule has 0 fully saturated rings. The van der Waals surface area contributed by atoms with Crippen molar-refractivity contribution in [1.29, 1.82) is 0 Å². The number of sulfonamides is 1. The zero-order valence-corrected chi connectivity index (χ0v) is 16.8. The van der Waals surface area contributed by atoms with Crippen molar-refractivity contribution < 1.29 is 13.2 Å². The number of amidine groups is 1. The number of aliphatic imine (C=N–C) groups is 1. The van der Waals surface area contributed by atoms with Gasteiger partial charge in [-0.3, -0.25) is 9.71 Å². The number of aryl methyl sites for hydroxylation is 1. The smallest absolute Gasteiger partial charge is 0.264 e. The van der Waals surface area contributed by atoms with Gasteiger partial charge in [0.05, 0.1) is 12.6 Å². The second-order valence-corrected chi connectivity index (χ2v) is 8.52. The molecule has 0 radical (unpaired) electrons. The maximum atomic E-state index is 12.6. The monoisotopic (exact) mass is 384 g/mol. The summed E-state index contributed by atoms with van der Waals surface area (Å²) in [4.78, 5) is 4.78. The van der Waals surface area contributed by atoms with Crippen LogP contribution in [0.25, 0.3) is 4.91 Å². The summed E-state index contributed by atoms with van der Waals surface area (Å²) in [5.74, 6) is 1.20. The van der Waals surface area contributed by atoms with E-state index in [9.17, 15) is 8.42 Å². The Labute approximate surface area is 160 Å². The molecule has 2 aromatic rings. The third kappa shape index (κ3) is 4.39. The third-order valence-corrected chi connectivity index (χ3v) is 5.77. The average molecular weight is 385 g/mol. The van der Waals surface area contributed by atoms with Crippen molar-refractivity contribution in [2.45, 2.75) is 40.3 Å². The molecule has 0 amide bonds. The molecule has 0 aromatic heterocycles. The van der Waals surface area contributed by atoms with E-state index >= 15 is 0 Å². The van der Waals surface area contributed by atoms with Crippen LogP contribution >= 0.6 is 0 Å². The highest BCUT2D eigenvalue weighted by Crippen LogP contribution is 2.30. The molecule has 0 saturated carbocycles. The molecule has 0 atom stereocenters. The molecule has 1 aliphatic rings. The topological polar surface area (TPSA) is 67.8 Å². The highest BCUT2D eigenvalue weighted by molar-refractivity contribution is 8.00. The van der Waals surface area contributed by atoms with Gasteiger partial charge in [-0.1, -0.05) is 42.0 Å². The summed E-state index contributed by atoms with van der Waals surface area (Å²) in [6.45, 7) is 8.10. The first-order valence-corrected chi connectivity index (χ1v) is 10.4. The Kier molecular flexibility index (Phi) is 5.37. The number of hydrogen-bond donors (Lipinski definition) is 1. The van der Waals surface area contributed by atoms with Gasteiger partial charge < -0.3 is 4.74 Å². The van der Waals surface area contributed by atoms with Gasteiger partial charge in [0.1, 0.15) is 16.5 Å². The zero-order chi connectivity index (χ0) is 19.6. The molecule has 27 heavy (non-hydrogen) atoms. The molecule has 1 N–H and O–H groups in total. The van der Waals surface area contributed by atoms with E-state index in [1.807, 2.05) is 69.3 Å². The molecule has 0 bridgehead atoms. The standard InChI is InChI=1S/C21H24N2O3S/c1-14(2)26-19-11-7-17(8-12-19)13-22-21-16(4)20(27(24,25)23-21)18-9-5-15(3)6-10-18/h5-12,14H,13H2,1-4H3,(H,22,23). The number of rotatable bonds is 5. The van der Waals surface area contributed by atoms with Crippen molar-refractivity contribution in [2.24, 2.45) is 4.99 Å². The molecule has 5 nitrogen and oxygen atoms in total. The fourth-order valence-corrected chi connectivity index (χ4v) is 4.43. The van der Waals surface area contributed by atoms with Gasteiger partial charge >= 0.3 is 0 Å². The van der Waals surface area contributed by atoms with Crippen LogP contribution in [0, 0.1) is 6.92 Å². The van der Waals surface area contributed by atoms with Gasteiger partial charge in [0, 0.05) is 5.57 Å². The molecule has 0 spiro atoms. The SMILES string of the molecule is CC1=C(c2ccc(C)cc2)S(=O)(=O)NC1=NCc1ccc(OC(C)C)cc1. The summed E-state index contributed by atoms with van der Waals surface area (Å²) in [6, 6.07) is 15.1. The Morgan fingerprint density at radius 1 is 1.00 bits per heavy atom. The van der Waals surface area contributed by atoms with Crippen LogP contribution in [0.15, 0.2) is 59.1 Å². The Balaban J connectivity index is 1.83. The van der Waals surface area contributed by atoms with Crippen LogP contribution in [0.1, 0.15) is 37.5 Å². The lowest BCUT2D eigenvalue weighted by atomic mass is 10.1. The van der Waals surface area contributed by atoms with Gasteiger partial charge in [0.2, 0.25) is 0 Å². The first-order valence-electron chi connectivity index (χ1n) is 8.87. The van der Waals surface area contributed by atoms with Crippen molar-refractivity contribution in [2.75, 3.05) is 0 Å². The summed E-state index contributed by atoms with van der Waals surface area (Å²) < 4.78 is 33.3. The lowest BCUT2D eigenvalue weighted by Gasteiger charge is -2.09. The molecule has 6 heteroatoms. The number of hydrogen-bond acceptors (Lipinski definition) is 4. The molecule has 2 aromatic carbocycles. The van der Waals surface area contributed by atoms with E-state index in [-0.39, 0.29) is 6.10 Å². The molecule has 1 heterocycles. The van der Waals surface area contributed by atoms with Crippen LogP contribution in [0.3, 0.4) is 0 Å². The average Bonchev–Trinajstić information content (AvgIpc) is 2.83. The van der Waals surface area contributed by atoms with Crippen molar-refractivity contribution in [3.05, 3.63) is 70.8 Å². The number of nitrogens with zero attached hydrogens (tertiary/aromatic N) is 1. The van der Waals surface area contributed by atoms with Gasteiger partial charge in [0.15, 0.2) is 0 Å². The lowest BCUT2D eigenvalue weighted by Crippen LogP contribution is -2.23. The van der Waals surface area contributed by atoms with Crippen LogP contribution in [-0.2, 0) is 16.6 Å². The minimum absolute atomic E-state index is 0.122. The molecular formula is C21H24N2O3S. The Morgan fingerprint density at radius 2 is 1.63 bits per heavy atom. The molecule has 142 valence electrons. The summed E-state index contributed by atoms with van der Waals surface area (Å²) in [5, 5.41) is 0. The van der Waals surface area contributed by atoms with E-state index in [0.29, 0.717) is 28.4 Å². The summed E-state index contributed by atoms with van der Waals surface area (Å²) in [6.07, 6.45) is 0.122. The second kappa shape index (κ2) is 7.56. The quantitative estimate of drug-likeness (QED) is 0.846. The van der Waals surface area contributed by atoms with Crippen LogP contribution in [0.5, 0.6) is 5.75 Å². The predicted molar refractivity (Wildman–Crippen MR) is 109 cm³/mol. The summed E-state index contributed by atoms with van der Waals surface area (Å²) in [5.41, 5.74) is 3.37. The zero-order valence-electron chi connectivity index (χ0n) is 16.0. The fourth-order valence-electron chi connectivity index (χ4n) is 2.91. The fraction of sp³-hybridized carbons (Fsp3) is 0.286. The predicted octanol–water partition coefficient (Wildman–Crippen LogP) is 4.04. The minimum Gasteiger partial charge on any atom is -0.491 e. The third-order valence-electron chi connectivity index (χ3n) is 4.22. The summed E-state index contributed by atoms with van der Waals surface area (Å²) >= 11 is 0. The van der Waals surface area contributed by atoms with E-state index in [1.54, 1.807) is 6.92 Å². The van der Waals surface area contributed by atoms with E-state index in [1.165, 1.54) is 0 Å². The molecule has 3 rings (SSSR count). The Morgan fingerprint density at radius 3 is 2.22 bits per heavy atom. The molecular weight excluding hydrogens is 360 g/mol. The van der Waals surface area contributed by atoms with Crippen LogP contribution < -0.4 is 9.46 Å². The van der Waals surface area contributed by atoms with E-state index in [0.717, 1.165) is 16.9 Å². The molecule has 0 aliphatic carbocycles. The van der Waals surface area contributed by atoms with Crippen molar-refractivity contribution >= 4 is 20.8 Å². The molecule has 0 unspecified atom stereocenters. The lowest BCUT2D eigenvalue weighted by molar-refractivity contribution is 0.242. The van der Waals surface area contributed by atoms with Gasteiger partial charge in [0.25, 0.3) is 10.0 Å². The number of nitrogens with one attached hydrogen (secondary N) is 1. The van der Waals surface area contributed by atoms with E-state index in [2.05, 4.69) is 9.71 Å². The van der Waals surface area contributed by atoms with Gasteiger partial charge in [-0.05, 0) is 51.0 Å². The normalized spacial score (nSPS) is 17.4. The van der Waals surface area contributed by atoms with Crippen molar-refractivity contribution in [3.63, 3.8) is 0 Å². The number of ether oxygens (including phenoxy) is 1. The molecule has 1 aliphatic heterocycles. The molecule has 0 saturated heterocycles. The van der Waals surface area contributed by atoms with Crippen LogP contribution in [-0.4, -0.2) is 20.4 Å². The highest BCUT2D eigenvalue weighted by atomic mass is 32.2. The van der Waals surface area contributed by atoms with Crippen LogP contribution in [0.2, 0.25) is 0 Å². The Hall–Kier alpha value is -2.60. The highest BCUT2D eigenvalue weighted by Gasteiger charge is 2.32. The second-order valence-electron chi connectivity index (χ2n) is 6.90. The van der Waals surface area contributed by atoms with Gasteiger partial charge in [-0.25, -0.2) is 8.42 Å². The first-order chi connectivity index (χ1) is 12.8. The summed E-state index contributed by atoms with van der Waals surface area (Å²) in [7, 11) is -3.60. The first kappa shape index (κ1) is 19.2. The maximum absolute atomic E-state index is 12.6. The number of benzene rings is 2. The maximum Gasteiger partial charge on any atom is 0.264 e. The van der Waals surface area contributed by atoms with Crippen molar-refractivity contribution in [3.8, 4) is 5.75 Å². The van der Waals surface area contributed by atoms with E-state index in [4.69, 9.17) is 4.74 Å². The minimum atomic E-state index is -3.60. The van der Waals surface area contributed by atoms with Gasteiger partial charge in [-0.2, -0.15) is 0 Å². The van der Waals surface area contributed by atoms with Gasteiger partial charge in [-0.15, -0.1) is 0 Å². The van der Waals surface area contributed by atoms with Crippen LogP contribution in [0.4, 0.5) is 0 Å². The Bertz CT molecular complexity index is 987. The van der Waals surface area contributed by atoms with E-state index < -0.39 is 10.0 Å².